The Kier molecular flexibility index (Phi) is 7.93. The largest absolute Gasteiger partial charge is 0.493 e. The number of hydrogen-bond acceptors (Lipinski definition) is 5. The highest BCUT2D eigenvalue weighted by Gasteiger charge is 2.36. The van der Waals surface area contributed by atoms with Crippen molar-refractivity contribution in [2.45, 2.75) is 26.4 Å². The number of nitrogens with zero attached hydrogens (tertiary/aromatic N) is 1. The van der Waals surface area contributed by atoms with Crippen LogP contribution in [0.15, 0.2) is 54.7 Å². The first-order valence-electron chi connectivity index (χ1n) is 10.7. The van der Waals surface area contributed by atoms with Gasteiger partial charge in [-0.3, -0.25) is 19.9 Å². The quantitative estimate of drug-likeness (QED) is 0.266. The van der Waals surface area contributed by atoms with Crippen molar-refractivity contribution in [2.75, 3.05) is 17.2 Å². The number of carbonyl (C=O) groups is 3. The molecule has 188 valence electrons. The van der Waals surface area contributed by atoms with Gasteiger partial charge in [-0.25, -0.2) is 4.79 Å². The summed E-state index contributed by atoms with van der Waals surface area (Å²) in [5.41, 5.74) is 0.485. The van der Waals surface area contributed by atoms with Crippen molar-refractivity contribution in [1.82, 2.24) is 4.98 Å². The molecule has 0 saturated carbocycles. The Morgan fingerprint density at radius 1 is 1.00 bits per heavy atom. The Morgan fingerprint density at radius 2 is 1.72 bits per heavy atom. The first kappa shape index (κ1) is 26.2. The number of Topliss-reactive ketones (excluding diaryl/α,β-unsaturated/α-hetero) is 1. The fourth-order valence-corrected chi connectivity index (χ4v) is 3.35. The van der Waals surface area contributed by atoms with E-state index in [1.54, 1.807) is 24.4 Å². The van der Waals surface area contributed by atoms with Gasteiger partial charge in [0, 0.05) is 29.1 Å². The molecule has 3 aromatic rings. The van der Waals surface area contributed by atoms with E-state index < -0.39 is 47.4 Å². The number of ketones is 1. The topological polar surface area (TPSA) is 118 Å². The third-order valence-corrected chi connectivity index (χ3v) is 4.99. The molecule has 0 spiro atoms. The smallest absolute Gasteiger partial charge is 0.420 e. The number of nitrogens with one attached hydrogen (secondary N) is 2. The van der Waals surface area contributed by atoms with Crippen LogP contribution in [0.25, 0.3) is 11.1 Å². The van der Waals surface area contributed by atoms with Gasteiger partial charge in [-0.15, -0.1) is 0 Å². The molecule has 0 aliphatic heterocycles. The lowest BCUT2D eigenvalue weighted by molar-refractivity contribution is -0.138. The van der Waals surface area contributed by atoms with Crippen LogP contribution in [0.2, 0.25) is 0 Å². The maximum atomic E-state index is 13.5. The van der Waals surface area contributed by atoms with Crippen LogP contribution in [0.4, 0.5) is 29.3 Å². The maximum absolute atomic E-state index is 13.5. The molecule has 0 unspecified atom stereocenters. The fraction of sp³-hybridized carbons (Fsp3) is 0.200. The van der Waals surface area contributed by atoms with Crippen LogP contribution in [-0.4, -0.2) is 34.5 Å². The molecule has 3 rings (SSSR count). The van der Waals surface area contributed by atoms with Gasteiger partial charge in [0.05, 0.1) is 30.0 Å². The van der Waals surface area contributed by atoms with E-state index in [1.807, 2.05) is 24.4 Å². The third kappa shape index (κ3) is 6.59. The lowest BCUT2D eigenvalue weighted by atomic mass is 10.0. The molecule has 2 amide bonds. The molecule has 1 aromatic heterocycles. The van der Waals surface area contributed by atoms with Crippen LogP contribution in [-0.2, 0) is 11.0 Å². The highest BCUT2D eigenvalue weighted by atomic mass is 19.4. The predicted molar refractivity (Wildman–Crippen MR) is 126 cm³/mol. The second-order valence-corrected chi connectivity index (χ2v) is 7.67. The Morgan fingerprint density at radius 3 is 2.33 bits per heavy atom. The van der Waals surface area contributed by atoms with E-state index >= 15 is 0 Å². The minimum absolute atomic E-state index is 0.104. The summed E-state index contributed by atoms with van der Waals surface area (Å²) in [7, 11) is 0. The van der Waals surface area contributed by atoms with E-state index in [0.717, 1.165) is 17.3 Å². The second kappa shape index (κ2) is 10.9. The number of carboxylic acid groups (broad SMARTS) is 1. The molecule has 3 N–H and O–H groups in total. The number of benzene rings is 2. The summed E-state index contributed by atoms with van der Waals surface area (Å²) < 4.78 is 45.6. The number of pyridine rings is 1. The summed E-state index contributed by atoms with van der Waals surface area (Å²) in [5.74, 6) is -2.11. The molecule has 0 fully saturated rings. The molecule has 11 heteroatoms. The van der Waals surface area contributed by atoms with Crippen molar-refractivity contribution in [3.63, 3.8) is 0 Å². The van der Waals surface area contributed by atoms with Crippen LogP contribution in [0, 0.1) is 6.92 Å². The molecular weight excluding hydrogens is 479 g/mol. The van der Waals surface area contributed by atoms with Crippen LogP contribution in [0.1, 0.15) is 35.0 Å². The Bertz CT molecular complexity index is 1290. The van der Waals surface area contributed by atoms with Crippen molar-refractivity contribution in [3.8, 4) is 16.9 Å². The van der Waals surface area contributed by atoms with Crippen molar-refractivity contribution in [1.29, 1.82) is 0 Å². The van der Waals surface area contributed by atoms with Gasteiger partial charge < -0.3 is 15.2 Å². The molecule has 0 aliphatic rings. The number of amides is 2. The predicted octanol–water partition coefficient (Wildman–Crippen LogP) is 5.78. The van der Waals surface area contributed by atoms with Gasteiger partial charge in [0.25, 0.3) is 0 Å². The van der Waals surface area contributed by atoms with Crippen LogP contribution in [0.5, 0.6) is 5.75 Å². The number of rotatable bonds is 8. The van der Waals surface area contributed by atoms with Gasteiger partial charge >= 0.3 is 12.3 Å². The van der Waals surface area contributed by atoms with Gasteiger partial charge in [0.15, 0.2) is 5.78 Å². The average molecular weight is 501 g/mol. The number of carbonyl (C=O) groups excluding carboxylic acids is 2. The molecule has 8 nitrogen and oxygen atoms in total. The standard InChI is InChI=1S/C25H22F3N3O5/c1-3-36-22-11-20(31-24(34)35)19(10-18(22)25(26,27)28)30-23(33)12-21(32)16-6-4-5-15(9-16)17-8-7-14(2)29-13-17/h4-11,13,31H,3,12H2,1-2H3,(H,30,33)(H,34,35). The van der Waals surface area contributed by atoms with E-state index in [1.165, 1.54) is 13.0 Å². The summed E-state index contributed by atoms with van der Waals surface area (Å²) >= 11 is 0. The summed E-state index contributed by atoms with van der Waals surface area (Å²) in [6, 6.07) is 11.5. The van der Waals surface area contributed by atoms with E-state index in [4.69, 9.17) is 9.84 Å². The first-order chi connectivity index (χ1) is 17.0. The van der Waals surface area contributed by atoms with Crippen LogP contribution < -0.4 is 15.4 Å². The van der Waals surface area contributed by atoms with Gasteiger partial charge in [-0.05, 0) is 37.6 Å². The highest BCUT2D eigenvalue weighted by molar-refractivity contribution is 6.12. The number of aromatic nitrogens is 1. The highest BCUT2D eigenvalue weighted by Crippen LogP contribution is 2.41. The monoisotopic (exact) mass is 501 g/mol. The summed E-state index contributed by atoms with van der Waals surface area (Å²) in [4.78, 5) is 40.6. The maximum Gasteiger partial charge on any atom is 0.420 e. The van der Waals surface area contributed by atoms with Crippen LogP contribution >= 0.6 is 0 Å². The molecule has 2 aromatic carbocycles. The summed E-state index contributed by atoms with van der Waals surface area (Å²) in [6.45, 7) is 3.20. The van der Waals surface area contributed by atoms with E-state index in [0.29, 0.717) is 11.6 Å². The van der Waals surface area contributed by atoms with Crippen molar-refractivity contribution in [3.05, 3.63) is 71.5 Å². The van der Waals surface area contributed by atoms with E-state index in [9.17, 15) is 27.6 Å². The number of ether oxygens (including phenoxy) is 1. The number of aryl methyl sites for hydroxylation is 1. The van der Waals surface area contributed by atoms with Gasteiger partial charge in [-0.2, -0.15) is 13.2 Å². The lowest BCUT2D eigenvalue weighted by Crippen LogP contribution is -2.20. The Labute approximate surface area is 204 Å². The van der Waals surface area contributed by atoms with Crippen molar-refractivity contribution in [2.24, 2.45) is 0 Å². The van der Waals surface area contributed by atoms with E-state index in [2.05, 4.69) is 10.3 Å². The molecule has 1 heterocycles. The third-order valence-electron chi connectivity index (χ3n) is 4.99. The lowest BCUT2D eigenvalue weighted by Gasteiger charge is -2.18. The number of halogens is 3. The molecule has 0 aliphatic carbocycles. The molecule has 0 bridgehead atoms. The minimum Gasteiger partial charge on any atom is -0.493 e. The minimum atomic E-state index is -4.84. The fourth-order valence-electron chi connectivity index (χ4n) is 3.35. The number of hydrogen-bond donors (Lipinski definition) is 3. The Hall–Kier alpha value is -4.41. The second-order valence-electron chi connectivity index (χ2n) is 7.67. The zero-order valence-electron chi connectivity index (χ0n) is 19.3. The van der Waals surface area contributed by atoms with Crippen molar-refractivity contribution >= 4 is 29.2 Å². The normalized spacial score (nSPS) is 11.0. The summed E-state index contributed by atoms with van der Waals surface area (Å²) in [5, 5.41) is 13.2. The SMILES string of the molecule is CCOc1cc(NC(=O)O)c(NC(=O)CC(=O)c2cccc(-c3ccc(C)nc3)c2)cc1C(F)(F)F. The zero-order chi connectivity index (χ0) is 26.5. The number of alkyl halides is 3. The van der Waals surface area contributed by atoms with Gasteiger partial charge in [-0.1, -0.05) is 24.3 Å². The van der Waals surface area contributed by atoms with Gasteiger partial charge in [0.1, 0.15) is 5.75 Å². The zero-order valence-corrected chi connectivity index (χ0v) is 19.3. The van der Waals surface area contributed by atoms with Crippen LogP contribution in [0.3, 0.4) is 0 Å². The molecule has 36 heavy (non-hydrogen) atoms. The molecule has 0 radical (unpaired) electrons. The molecule has 0 saturated heterocycles. The van der Waals surface area contributed by atoms with E-state index in [-0.39, 0.29) is 17.9 Å². The van der Waals surface area contributed by atoms with Crippen molar-refractivity contribution < 1.29 is 37.4 Å². The Balaban J connectivity index is 1.84. The number of anilines is 2. The molecule has 0 atom stereocenters. The van der Waals surface area contributed by atoms with Gasteiger partial charge in [0.2, 0.25) is 5.91 Å². The molecular formula is C25H22F3N3O5. The summed E-state index contributed by atoms with van der Waals surface area (Å²) in [6.07, 6.45) is -5.44. The first-order valence-corrected chi connectivity index (χ1v) is 10.7. The average Bonchev–Trinajstić information content (AvgIpc) is 2.80.